The van der Waals surface area contributed by atoms with Crippen LogP contribution in [0.5, 0.6) is 0 Å². The lowest BCUT2D eigenvalue weighted by molar-refractivity contribution is -0.119. The van der Waals surface area contributed by atoms with Crippen molar-refractivity contribution in [1.82, 2.24) is 5.32 Å². The second-order valence-corrected chi connectivity index (χ2v) is 5.49. The minimum Gasteiger partial charge on any atom is -0.368 e. The van der Waals surface area contributed by atoms with Crippen molar-refractivity contribution in [3.63, 3.8) is 0 Å². The number of nitrogens with two attached hydrogens (primary N) is 1. The van der Waals surface area contributed by atoms with Gasteiger partial charge in [0.15, 0.2) is 0 Å². The van der Waals surface area contributed by atoms with E-state index < -0.39 is 6.04 Å². The predicted molar refractivity (Wildman–Crippen MR) is 86.0 cm³/mol. The van der Waals surface area contributed by atoms with Gasteiger partial charge in [0, 0.05) is 0 Å². The number of nitrogens with one attached hydrogen (secondary N) is 1. The summed E-state index contributed by atoms with van der Waals surface area (Å²) in [7, 11) is 0. The van der Waals surface area contributed by atoms with Crippen molar-refractivity contribution in [2.24, 2.45) is 5.73 Å². The molecule has 0 radical (unpaired) electrons. The number of hydrogen-bond acceptors (Lipinski definition) is 2. The maximum Gasteiger partial charge on any atom is 0.234 e. The van der Waals surface area contributed by atoms with Crippen molar-refractivity contribution in [3.8, 4) is 0 Å². The Hall–Kier alpha value is -2.13. The van der Waals surface area contributed by atoms with E-state index in [1.54, 1.807) is 6.92 Å². The van der Waals surface area contributed by atoms with Gasteiger partial charge < -0.3 is 5.73 Å². The van der Waals surface area contributed by atoms with Crippen LogP contribution < -0.4 is 11.1 Å². The smallest absolute Gasteiger partial charge is 0.234 e. The Morgan fingerprint density at radius 3 is 2.38 bits per heavy atom. The molecule has 21 heavy (non-hydrogen) atoms. The number of primary amides is 1. The van der Waals surface area contributed by atoms with Gasteiger partial charge in [0.25, 0.3) is 0 Å². The summed E-state index contributed by atoms with van der Waals surface area (Å²) in [5, 5.41) is 3.34. The Kier molecular flexibility index (Phi) is 4.76. The Labute approximate surface area is 126 Å². The molecule has 2 aromatic rings. The maximum atomic E-state index is 11.4. The van der Waals surface area contributed by atoms with Crippen LogP contribution in [0.25, 0.3) is 0 Å². The van der Waals surface area contributed by atoms with Crippen LogP contribution >= 0.6 is 0 Å². The number of aryl methyl sites for hydroxylation is 2. The number of hydrogen-bond donors (Lipinski definition) is 2. The molecule has 0 spiro atoms. The van der Waals surface area contributed by atoms with E-state index in [1.807, 2.05) is 18.2 Å². The van der Waals surface area contributed by atoms with Crippen LogP contribution in [0.2, 0.25) is 0 Å². The van der Waals surface area contributed by atoms with Crippen LogP contribution in [0.3, 0.4) is 0 Å². The summed E-state index contributed by atoms with van der Waals surface area (Å²) >= 11 is 0. The van der Waals surface area contributed by atoms with E-state index in [2.05, 4.69) is 49.5 Å². The van der Waals surface area contributed by atoms with Crippen LogP contribution in [-0.4, -0.2) is 11.9 Å². The minimum atomic E-state index is -0.393. The zero-order valence-electron chi connectivity index (χ0n) is 12.8. The quantitative estimate of drug-likeness (QED) is 0.886. The fourth-order valence-corrected chi connectivity index (χ4v) is 2.41. The molecular formula is C18H22N2O. The maximum absolute atomic E-state index is 11.4. The number of carbonyl (C=O) groups excluding carboxylic acids is 1. The lowest BCUT2D eigenvalue weighted by Gasteiger charge is -2.24. The zero-order chi connectivity index (χ0) is 15.4. The fourth-order valence-electron chi connectivity index (χ4n) is 2.41. The standard InChI is InChI=1S/C18H22N2O/c1-12-9-10-13(2)16(11-12)17(20-14(3)18(19)21)15-7-5-4-6-8-15/h4-11,14,17,20H,1-3H3,(H2,19,21). The largest absolute Gasteiger partial charge is 0.368 e. The van der Waals surface area contributed by atoms with Crippen molar-refractivity contribution in [1.29, 1.82) is 0 Å². The molecule has 0 saturated heterocycles. The monoisotopic (exact) mass is 282 g/mol. The van der Waals surface area contributed by atoms with E-state index in [-0.39, 0.29) is 11.9 Å². The van der Waals surface area contributed by atoms with E-state index >= 15 is 0 Å². The molecule has 3 N–H and O–H groups in total. The molecule has 0 aliphatic carbocycles. The average Bonchev–Trinajstić information content (AvgIpc) is 2.48. The second kappa shape index (κ2) is 6.55. The van der Waals surface area contributed by atoms with E-state index in [9.17, 15) is 4.79 Å². The van der Waals surface area contributed by atoms with Gasteiger partial charge in [-0.3, -0.25) is 10.1 Å². The Balaban J connectivity index is 2.45. The topological polar surface area (TPSA) is 55.1 Å². The van der Waals surface area contributed by atoms with E-state index in [0.29, 0.717) is 0 Å². The highest BCUT2D eigenvalue weighted by Gasteiger charge is 2.20. The van der Waals surface area contributed by atoms with Gasteiger partial charge in [-0.15, -0.1) is 0 Å². The third kappa shape index (κ3) is 3.70. The first-order chi connectivity index (χ1) is 9.99. The van der Waals surface area contributed by atoms with Crippen LogP contribution in [0.4, 0.5) is 0 Å². The summed E-state index contributed by atoms with van der Waals surface area (Å²) in [5.41, 5.74) is 10.1. The fraction of sp³-hybridized carbons (Fsp3) is 0.278. The molecule has 3 heteroatoms. The first-order valence-electron chi connectivity index (χ1n) is 7.16. The molecule has 0 saturated carbocycles. The number of carbonyl (C=O) groups is 1. The van der Waals surface area contributed by atoms with E-state index in [4.69, 9.17) is 5.73 Å². The van der Waals surface area contributed by atoms with Gasteiger partial charge in [-0.1, -0.05) is 54.1 Å². The van der Waals surface area contributed by atoms with Gasteiger partial charge in [0.1, 0.15) is 0 Å². The molecule has 0 aliphatic heterocycles. The highest BCUT2D eigenvalue weighted by Crippen LogP contribution is 2.26. The van der Waals surface area contributed by atoms with Gasteiger partial charge in [-0.2, -0.15) is 0 Å². The van der Waals surface area contributed by atoms with Gasteiger partial charge in [0.05, 0.1) is 12.1 Å². The van der Waals surface area contributed by atoms with Crippen molar-refractivity contribution in [3.05, 3.63) is 70.8 Å². The summed E-state index contributed by atoms with van der Waals surface area (Å²) in [4.78, 5) is 11.4. The summed E-state index contributed by atoms with van der Waals surface area (Å²) in [5.74, 6) is -0.346. The average molecular weight is 282 g/mol. The zero-order valence-corrected chi connectivity index (χ0v) is 12.8. The minimum absolute atomic E-state index is 0.0476. The number of rotatable bonds is 5. The predicted octanol–water partition coefficient (Wildman–Crippen LogP) is 2.86. The van der Waals surface area contributed by atoms with E-state index in [1.165, 1.54) is 16.7 Å². The lowest BCUT2D eigenvalue weighted by atomic mass is 9.93. The van der Waals surface area contributed by atoms with Crippen LogP contribution in [0.15, 0.2) is 48.5 Å². The Morgan fingerprint density at radius 2 is 1.76 bits per heavy atom. The van der Waals surface area contributed by atoms with Crippen LogP contribution in [0.1, 0.15) is 35.2 Å². The molecule has 2 aromatic carbocycles. The lowest BCUT2D eigenvalue weighted by Crippen LogP contribution is -2.41. The summed E-state index contributed by atoms with van der Waals surface area (Å²) < 4.78 is 0. The molecule has 3 nitrogen and oxygen atoms in total. The van der Waals surface area contributed by atoms with Crippen molar-refractivity contribution in [2.75, 3.05) is 0 Å². The molecule has 0 aliphatic rings. The summed E-state index contributed by atoms with van der Waals surface area (Å²) in [6.07, 6.45) is 0. The molecule has 2 unspecified atom stereocenters. The summed E-state index contributed by atoms with van der Waals surface area (Å²) in [6.45, 7) is 5.95. The first-order valence-corrected chi connectivity index (χ1v) is 7.16. The highest BCUT2D eigenvalue weighted by molar-refractivity contribution is 5.79. The van der Waals surface area contributed by atoms with Gasteiger partial charge in [0.2, 0.25) is 5.91 Å². The first kappa shape index (κ1) is 15.3. The third-order valence-electron chi connectivity index (χ3n) is 3.72. The SMILES string of the molecule is Cc1ccc(C)c(C(NC(C)C(N)=O)c2ccccc2)c1. The van der Waals surface area contributed by atoms with Crippen LogP contribution in [0, 0.1) is 13.8 Å². The molecule has 110 valence electrons. The van der Waals surface area contributed by atoms with Crippen molar-refractivity contribution in [2.45, 2.75) is 32.9 Å². The summed E-state index contributed by atoms with van der Waals surface area (Å²) in [6, 6.07) is 16.0. The number of amides is 1. The van der Waals surface area contributed by atoms with Gasteiger partial charge in [-0.05, 0) is 37.5 Å². The van der Waals surface area contributed by atoms with Crippen molar-refractivity contribution < 1.29 is 4.79 Å². The molecule has 0 aromatic heterocycles. The Morgan fingerprint density at radius 1 is 1.10 bits per heavy atom. The molecule has 1 amide bonds. The normalized spacial score (nSPS) is 13.7. The van der Waals surface area contributed by atoms with E-state index in [0.717, 1.165) is 5.56 Å². The molecule has 0 bridgehead atoms. The van der Waals surface area contributed by atoms with Gasteiger partial charge >= 0.3 is 0 Å². The molecule has 0 heterocycles. The third-order valence-corrected chi connectivity index (χ3v) is 3.72. The molecule has 2 rings (SSSR count). The number of benzene rings is 2. The van der Waals surface area contributed by atoms with Gasteiger partial charge in [-0.25, -0.2) is 0 Å². The second-order valence-electron chi connectivity index (χ2n) is 5.49. The Bertz CT molecular complexity index is 622. The van der Waals surface area contributed by atoms with Crippen molar-refractivity contribution >= 4 is 5.91 Å². The molecular weight excluding hydrogens is 260 g/mol. The molecule has 0 fully saturated rings. The van der Waals surface area contributed by atoms with Crippen LogP contribution in [-0.2, 0) is 4.79 Å². The molecule has 2 atom stereocenters. The highest BCUT2D eigenvalue weighted by atomic mass is 16.1.